The van der Waals surface area contributed by atoms with E-state index in [0.29, 0.717) is 24.3 Å². The van der Waals surface area contributed by atoms with Crippen LogP contribution < -0.4 is 15.8 Å². The molecule has 0 aromatic heterocycles. The van der Waals surface area contributed by atoms with Crippen LogP contribution in [0, 0.1) is 0 Å². The maximum Gasteiger partial charge on any atom is 0.416 e. The van der Waals surface area contributed by atoms with Gasteiger partial charge in [0.1, 0.15) is 5.75 Å². The van der Waals surface area contributed by atoms with Gasteiger partial charge in [-0.1, -0.05) is 18.2 Å². The molecule has 1 unspecified atom stereocenters. The highest BCUT2D eigenvalue weighted by molar-refractivity contribution is 5.96. The van der Waals surface area contributed by atoms with Crippen molar-refractivity contribution in [2.24, 2.45) is 5.73 Å². The molecule has 1 aliphatic heterocycles. The van der Waals surface area contributed by atoms with Crippen LogP contribution in [0.5, 0.6) is 5.75 Å². The van der Waals surface area contributed by atoms with Crippen LogP contribution in [0.2, 0.25) is 0 Å². The van der Waals surface area contributed by atoms with E-state index >= 15 is 0 Å². The first-order valence-electron chi connectivity index (χ1n) is 7.82. The molecule has 0 bridgehead atoms. The van der Waals surface area contributed by atoms with Crippen molar-refractivity contribution >= 4 is 24.0 Å². The van der Waals surface area contributed by atoms with Gasteiger partial charge in [-0.05, 0) is 36.2 Å². The van der Waals surface area contributed by atoms with Gasteiger partial charge in [0.25, 0.3) is 0 Å². The summed E-state index contributed by atoms with van der Waals surface area (Å²) in [5.41, 5.74) is 5.76. The molecule has 3 N–H and O–H groups in total. The third kappa shape index (κ3) is 4.28. The Morgan fingerprint density at radius 3 is 2.65 bits per heavy atom. The van der Waals surface area contributed by atoms with Crippen molar-refractivity contribution in [3.63, 3.8) is 0 Å². The van der Waals surface area contributed by atoms with Crippen molar-refractivity contribution in [1.29, 1.82) is 0 Å². The fourth-order valence-electron chi connectivity index (χ4n) is 2.89. The first kappa shape index (κ1) is 20.1. The molecule has 2 aromatic carbocycles. The zero-order valence-corrected chi connectivity index (χ0v) is 14.5. The van der Waals surface area contributed by atoms with Crippen LogP contribution in [0.25, 0.3) is 0 Å². The van der Waals surface area contributed by atoms with Gasteiger partial charge in [0.2, 0.25) is 5.91 Å². The Bertz CT molecular complexity index is 796. The van der Waals surface area contributed by atoms with E-state index in [2.05, 4.69) is 5.32 Å². The van der Waals surface area contributed by atoms with Crippen LogP contribution in [0.15, 0.2) is 42.5 Å². The molecule has 4 nitrogen and oxygen atoms in total. The predicted molar refractivity (Wildman–Crippen MR) is 94.5 cm³/mol. The number of hydrogen-bond donors (Lipinski definition) is 2. The van der Waals surface area contributed by atoms with Gasteiger partial charge < -0.3 is 15.8 Å². The summed E-state index contributed by atoms with van der Waals surface area (Å²) in [6.07, 6.45) is -4.04. The van der Waals surface area contributed by atoms with E-state index in [0.717, 1.165) is 17.7 Å². The Kier molecular flexibility index (Phi) is 6.15. The third-order valence-corrected chi connectivity index (χ3v) is 4.10. The van der Waals surface area contributed by atoms with Crippen LogP contribution >= 0.6 is 12.4 Å². The topological polar surface area (TPSA) is 64.3 Å². The number of fused-ring (bicyclic) bond motifs is 1. The molecule has 0 radical (unpaired) electrons. The van der Waals surface area contributed by atoms with Gasteiger partial charge in [0, 0.05) is 17.8 Å². The van der Waals surface area contributed by atoms with Gasteiger partial charge in [0.15, 0.2) is 0 Å². The lowest BCUT2D eigenvalue weighted by Crippen LogP contribution is -2.26. The second-order valence-electron chi connectivity index (χ2n) is 5.84. The molecule has 26 heavy (non-hydrogen) atoms. The van der Waals surface area contributed by atoms with Gasteiger partial charge in [0.05, 0.1) is 18.1 Å². The maximum absolute atomic E-state index is 13.0. The predicted octanol–water partition coefficient (Wildman–Crippen LogP) is 4.09. The molecule has 1 amide bonds. The van der Waals surface area contributed by atoms with Crippen molar-refractivity contribution in [1.82, 2.24) is 0 Å². The largest absolute Gasteiger partial charge is 0.493 e. The molecule has 140 valence electrons. The smallest absolute Gasteiger partial charge is 0.416 e. The van der Waals surface area contributed by atoms with E-state index in [9.17, 15) is 18.0 Å². The van der Waals surface area contributed by atoms with E-state index in [4.69, 9.17) is 10.5 Å². The number of halogens is 4. The first-order chi connectivity index (χ1) is 11.9. The highest BCUT2D eigenvalue weighted by atomic mass is 35.5. The summed E-state index contributed by atoms with van der Waals surface area (Å²) in [6, 6.07) is 10.5. The molecule has 0 saturated heterocycles. The number of alkyl halides is 3. The Balaban J connectivity index is 0.00000243. The number of carbonyl (C=O) groups is 1. The molecular weight excluding hydrogens is 369 g/mol. The summed E-state index contributed by atoms with van der Waals surface area (Å²) >= 11 is 0. The Labute approximate surface area is 154 Å². The quantitative estimate of drug-likeness (QED) is 0.835. The lowest BCUT2D eigenvalue weighted by atomic mass is 9.92. The first-order valence-corrected chi connectivity index (χ1v) is 7.82. The Morgan fingerprint density at radius 1 is 1.23 bits per heavy atom. The Morgan fingerprint density at radius 2 is 1.96 bits per heavy atom. The molecule has 2 aromatic rings. The molecule has 0 saturated carbocycles. The number of hydrogen-bond acceptors (Lipinski definition) is 3. The van der Waals surface area contributed by atoms with Gasteiger partial charge in [-0.2, -0.15) is 13.2 Å². The van der Waals surface area contributed by atoms with Crippen molar-refractivity contribution in [2.45, 2.75) is 25.1 Å². The van der Waals surface area contributed by atoms with Crippen molar-refractivity contribution in [3.8, 4) is 5.75 Å². The number of anilines is 1. The zero-order chi connectivity index (χ0) is 18.0. The molecular formula is C18H18ClF3N2O2. The maximum atomic E-state index is 13.0. The Hall–Kier alpha value is -2.25. The molecule has 1 aliphatic rings. The summed E-state index contributed by atoms with van der Waals surface area (Å²) in [4.78, 5) is 12.6. The van der Waals surface area contributed by atoms with E-state index in [1.54, 1.807) is 24.3 Å². The lowest BCUT2D eigenvalue weighted by molar-refractivity contribution is -0.137. The minimum atomic E-state index is -4.50. The lowest BCUT2D eigenvalue weighted by Gasteiger charge is -2.25. The van der Waals surface area contributed by atoms with Crippen LogP contribution in [0.1, 0.15) is 29.0 Å². The third-order valence-electron chi connectivity index (χ3n) is 4.10. The van der Waals surface area contributed by atoms with Crippen molar-refractivity contribution < 1.29 is 22.7 Å². The summed E-state index contributed by atoms with van der Waals surface area (Å²) in [5.74, 6) is -0.209. The fourth-order valence-corrected chi connectivity index (χ4v) is 2.89. The monoisotopic (exact) mass is 386 g/mol. The van der Waals surface area contributed by atoms with Crippen LogP contribution in [-0.4, -0.2) is 12.5 Å². The van der Waals surface area contributed by atoms with Gasteiger partial charge in [-0.15, -0.1) is 12.4 Å². The number of ether oxygens (including phenoxy) is 1. The van der Waals surface area contributed by atoms with Gasteiger partial charge in [-0.25, -0.2) is 0 Å². The van der Waals surface area contributed by atoms with Crippen molar-refractivity contribution in [2.75, 3.05) is 11.9 Å². The number of nitrogens with one attached hydrogen (secondary N) is 1. The molecule has 0 spiro atoms. The molecule has 1 atom stereocenters. The average molecular weight is 387 g/mol. The van der Waals surface area contributed by atoms with E-state index in [1.165, 1.54) is 6.07 Å². The van der Waals surface area contributed by atoms with Crippen LogP contribution in [-0.2, 0) is 17.5 Å². The number of nitrogens with two attached hydrogens (primary N) is 1. The summed E-state index contributed by atoms with van der Waals surface area (Å²) in [6.45, 7) is 0.332. The molecule has 1 heterocycles. The van der Waals surface area contributed by atoms with Gasteiger partial charge >= 0.3 is 6.18 Å². The minimum Gasteiger partial charge on any atom is -0.493 e. The van der Waals surface area contributed by atoms with Crippen LogP contribution in [0.4, 0.5) is 18.9 Å². The highest BCUT2D eigenvalue weighted by Gasteiger charge is 2.32. The zero-order valence-electron chi connectivity index (χ0n) is 13.7. The highest BCUT2D eigenvalue weighted by Crippen LogP contribution is 2.35. The van der Waals surface area contributed by atoms with Crippen molar-refractivity contribution in [3.05, 3.63) is 59.2 Å². The normalized spacial score (nSPS) is 16.1. The molecule has 0 fully saturated rings. The number of benzene rings is 2. The number of para-hydroxylation sites is 1. The standard InChI is InChI=1S/C18H17F3N2O2.ClH/c19-18(20,21)12-7-11(10-22)8-13(9-12)23-17(24)15-5-6-25-16-4-2-1-3-14(15)16;/h1-4,7-9,15H,5-6,10,22H2,(H,23,24);1H. The summed E-state index contributed by atoms with van der Waals surface area (Å²) in [7, 11) is 0. The molecule has 0 aliphatic carbocycles. The molecule has 8 heteroatoms. The van der Waals surface area contributed by atoms with E-state index < -0.39 is 17.7 Å². The fraction of sp³-hybridized carbons (Fsp3) is 0.278. The van der Waals surface area contributed by atoms with Crippen LogP contribution in [0.3, 0.4) is 0 Å². The summed E-state index contributed by atoms with van der Waals surface area (Å²) < 4.78 is 44.5. The second kappa shape index (κ2) is 7.97. The second-order valence-corrected chi connectivity index (χ2v) is 5.84. The van der Waals surface area contributed by atoms with Gasteiger partial charge in [-0.3, -0.25) is 4.79 Å². The van der Waals surface area contributed by atoms with E-state index in [1.807, 2.05) is 0 Å². The molecule has 3 rings (SSSR count). The minimum absolute atomic E-state index is 0. The SMILES string of the molecule is Cl.NCc1cc(NC(=O)C2CCOc3ccccc32)cc(C(F)(F)F)c1. The number of rotatable bonds is 3. The van der Waals surface area contributed by atoms with E-state index in [-0.39, 0.29) is 30.5 Å². The number of carbonyl (C=O) groups excluding carboxylic acids is 1. The summed E-state index contributed by atoms with van der Waals surface area (Å²) in [5, 5.41) is 2.59. The number of amides is 1. The average Bonchev–Trinajstić information content (AvgIpc) is 2.60.